The Balaban J connectivity index is 1.47. The Labute approximate surface area is 175 Å². The molecule has 1 amide bonds. The van der Waals surface area contributed by atoms with Gasteiger partial charge in [-0.25, -0.2) is 13.2 Å². The van der Waals surface area contributed by atoms with Gasteiger partial charge in [0, 0.05) is 35.6 Å². The Hall–Kier alpha value is -3.60. The number of nitrogens with zero attached hydrogens (tertiary/aromatic N) is 2. The highest BCUT2D eigenvalue weighted by Gasteiger charge is 2.40. The second-order valence-corrected chi connectivity index (χ2v) is 8.09. The predicted octanol–water partition coefficient (Wildman–Crippen LogP) is 4.83. The molecule has 1 aliphatic carbocycles. The van der Waals surface area contributed by atoms with Gasteiger partial charge in [0.1, 0.15) is 5.82 Å². The van der Waals surface area contributed by atoms with Crippen LogP contribution in [0.4, 0.5) is 19.0 Å². The molecule has 156 valence electrons. The molecule has 2 heterocycles. The van der Waals surface area contributed by atoms with Gasteiger partial charge < -0.3 is 5.32 Å². The molecule has 0 saturated heterocycles. The number of carbonyl (C=O) groups excluding carboxylic acids is 1. The summed E-state index contributed by atoms with van der Waals surface area (Å²) in [4.78, 5) is 12.2. The Kier molecular flexibility index (Phi) is 4.54. The van der Waals surface area contributed by atoms with Gasteiger partial charge in [-0.3, -0.25) is 9.89 Å². The van der Waals surface area contributed by atoms with Gasteiger partial charge in [-0.1, -0.05) is 12.1 Å². The average molecular weight is 422 g/mol. The zero-order chi connectivity index (χ0) is 21.7. The van der Waals surface area contributed by atoms with Gasteiger partial charge in [0.05, 0.1) is 11.6 Å². The SMILES string of the molecule is N#Cc1cccc(C2CC(c3[nH]nc4c3C(c3cc(F)c(F)cc3F)CC(=O)N4)C2)c1. The highest BCUT2D eigenvalue weighted by atomic mass is 19.2. The molecule has 2 aliphatic rings. The van der Waals surface area contributed by atoms with E-state index in [4.69, 9.17) is 5.26 Å². The van der Waals surface area contributed by atoms with Crippen molar-refractivity contribution < 1.29 is 18.0 Å². The first-order chi connectivity index (χ1) is 14.9. The van der Waals surface area contributed by atoms with Crippen molar-refractivity contribution in [2.45, 2.75) is 37.0 Å². The smallest absolute Gasteiger partial charge is 0.226 e. The molecule has 5 rings (SSSR count). The third-order valence-electron chi connectivity index (χ3n) is 6.28. The molecule has 0 bridgehead atoms. The van der Waals surface area contributed by atoms with Crippen LogP contribution in [0.2, 0.25) is 0 Å². The van der Waals surface area contributed by atoms with Crippen molar-refractivity contribution in [1.29, 1.82) is 5.26 Å². The molecule has 2 aromatic carbocycles. The van der Waals surface area contributed by atoms with E-state index in [9.17, 15) is 18.0 Å². The standard InChI is InChI=1S/C23H17F3N4O/c24-17-9-19(26)18(25)7-15(17)16-8-20(31)28-23-21(16)22(29-30-23)14-5-13(6-14)12-3-1-2-11(4-12)10-27/h1-4,7,9,13-14,16H,5-6,8H2,(H2,28,29,30,31). The second kappa shape index (κ2) is 7.27. The molecular formula is C23H17F3N4O. The van der Waals surface area contributed by atoms with Gasteiger partial charge in [-0.2, -0.15) is 10.4 Å². The summed E-state index contributed by atoms with van der Waals surface area (Å²) in [5.74, 6) is -3.77. The van der Waals surface area contributed by atoms with Crippen molar-refractivity contribution in [2.24, 2.45) is 0 Å². The molecule has 1 fully saturated rings. The number of hydrogen-bond acceptors (Lipinski definition) is 3. The maximum Gasteiger partial charge on any atom is 0.226 e. The molecule has 0 spiro atoms. The summed E-state index contributed by atoms with van der Waals surface area (Å²) < 4.78 is 41.8. The van der Waals surface area contributed by atoms with E-state index in [2.05, 4.69) is 21.6 Å². The highest BCUT2D eigenvalue weighted by molar-refractivity contribution is 5.94. The van der Waals surface area contributed by atoms with Crippen LogP contribution in [0.25, 0.3) is 0 Å². The molecule has 3 aromatic rings. The van der Waals surface area contributed by atoms with Crippen LogP contribution < -0.4 is 5.32 Å². The fraction of sp³-hybridized carbons (Fsp3) is 0.261. The molecule has 31 heavy (non-hydrogen) atoms. The lowest BCUT2D eigenvalue weighted by Crippen LogP contribution is -2.27. The average Bonchev–Trinajstić information content (AvgIpc) is 3.12. The van der Waals surface area contributed by atoms with Crippen LogP contribution in [0.3, 0.4) is 0 Å². The van der Waals surface area contributed by atoms with Gasteiger partial charge in [-0.05, 0) is 48.1 Å². The third kappa shape index (κ3) is 3.26. The van der Waals surface area contributed by atoms with Crippen molar-refractivity contribution in [3.8, 4) is 6.07 Å². The first kappa shape index (κ1) is 19.4. The maximum absolute atomic E-state index is 14.5. The van der Waals surface area contributed by atoms with Crippen LogP contribution in [-0.4, -0.2) is 16.1 Å². The number of benzene rings is 2. The Morgan fingerprint density at radius 3 is 2.58 bits per heavy atom. The molecule has 1 aliphatic heterocycles. The van der Waals surface area contributed by atoms with Crippen molar-refractivity contribution >= 4 is 11.7 Å². The van der Waals surface area contributed by atoms with E-state index in [1.54, 1.807) is 6.07 Å². The van der Waals surface area contributed by atoms with Crippen molar-refractivity contribution in [3.05, 3.63) is 81.8 Å². The first-order valence-corrected chi connectivity index (χ1v) is 9.97. The Bertz CT molecular complexity index is 1240. The number of nitrogens with one attached hydrogen (secondary N) is 2. The number of anilines is 1. The normalized spacial score (nSPS) is 22.3. The van der Waals surface area contributed by atoms with Crippen LogP contribution in [0.1, 0.15) is 65.0 Å². The van der Waals surface area contributed by atoms with Crippen LogP contribution in [0.5, 0.6) is 0 Å². The number of aromatic amines is 1. The van der Waals surface area contributed by atoms with Crippen molar-refractivity contribution in [1.82, 2.24) is 10.2 Å². The zero-order valence-electron chi connectivity index (χ0n) is 16.3. The molecule has 8 heteroatoms. The summed E-state index contributed by atoms with van der Waals surface area (Å²) in [7, 11) is 0. The fourth-order valence-electron chi connectivity index (χ4n) is 4.65. The summed E-state index contributed by atoms with van der Waals surface area (Å²) in [6.45, 7) is 0. The fourth-order valence-corrected chi connectivity index (χ4v) is 4.65. The van der Waals surface area contributed by atoms with Gasteiger partial charge in [0.15, 0.2) is 17.5 Å². The van der Waals surface area contributed by atoms with E-state index in [1.807, 2.05) is 18.2 Å². The van der Waals surface area contributed by atoms with E-state index < -0.39 is 23.4 Å². The van der Waals surface area contributed by atoms with Crippen molar-refractivity contribution in [3.63, 3.8) is 0 Å². The minimum Gasteiger partial charge on any atom is -0.309 e. The van der Waals surface area contributed by atoms with Crippen LogP contribution >= 0.6 is 0 Å². The van der Waals surface area contributed by atoms with Crippen LogP contribution in [0, 0.1) is 28.8 Å². The maximum atomic E-state index is 14.5. The monoisotopic (exact) mass is 422 g/mol. The largest absolute Gasteiger partial charge is 0.309 e. The van der Waals surface area contributed by atoms with E-state index in [1.165, 1.54) is 0 Å². The van der Waals surface area contributed by atoms with Crippen molar-refractivity contribution in [2.75, 3.05) is 5.32 Å². The number of rotatable bonds is 3. The van der Waals surface area contributed by atoms with Gasteiger partial charge in [0.25, 0.3) is 0 Å². The predicted molar refractivity (Wildman–Crippen MR) is 106 cm³/mol. The molecule has 1 aromatic heterocycles. The van der Waals surface area contributed by atoms with Crippen LogP contribution in [-0.2, 0) is 4.79 Å². The van der Waals surface area contributed by atoms with Gasteiger partial charge in [0.2, 0.25) is 5.91 Å². The Morgan fingerprint density at radius 1 is 1.03 bits per heavy atom. The summed E-state index contributed by atoms with van der Waals surface area (Å²) >= 11 is 0. The van der Waals surface area contributed by atoms with E-state index in [0.717, 1.165) is 30.2 Å². The second-order valence-electron chi connectivity index (χ2n) is 8.09. The van der Waals surface area contributed by atoms with E-state index >= 15 is 0 Å². The topological polar surface area (TPSA) is 81.6 Å². The molecule has 1 saturated carbocycles. The van der Waals surface area contributed by atoms with E-state index in [0.29, 0.717) is 23.0 Å². The number of fused-ring (bicyclic) bond motifs is 1. The highest BCUT2D eigenvalue weighted by Crippen LogP contribution is 2.51. The number of H-pyrrole nitrogens is 1. The summed E-state index contributed by atoms with van der Waals surface area (Å²) in [6, 6.07) is 11.0. The third-order valence-corrected chi connectivity index (χ3v) is 6.28. The molecule has 2 N–H and O–H groups in total. The lowest BCUT2D eigenvalue weighted by atomic mass is 9.68. The minimum atomic E-state index is -1.27. The lowest BCUT2D eigenvalue weighted by Gasteiger charge is -2.37. The number of aromatic nitrogens is 2. The van der Waals surface area contributed by atoms with E-state index in [-0.39, 0.29) is 29.7 Å². The lowest BCUT2D eigenvalue weighted by molar-refractivity contribution is -0.116. The molecule has 0 radical (unpaired) electrons. The number of amides is 1. The first-order valence-electron chi connectivity index (χ1n) is 9.97. The number of hydrogen-bond donors (Lipinski definition) is 2. The molecule has 1 atom stereocenters. The summed E-state index contributed by atoms with van der Waals surface area (Å²) in [6.07, 6.45) is 1.51. The zero-order valence-corrected chi connectivity index (χ0v) is 16.3. The number of halogens is 3. The summed E-state index contributed by atoms with van der Waals surface area (Å²) in [5.41, 5.74) is 3.03. The van der Waals surface area contributed by atoms with Gasteiger partial charge in [-0.15, -0.1) is 0 Å². The van der Waals surface area contributed by atoms with Gasteiger partial charge >= 0.3 is 0 Å². The molecule has 1 unspecified atom stereocenters. The molecule has 5 nitrogen and oxygen atoms in total. The molecular weight excluding hydrogens is 405 g/mol. The number of carbonyl (C=O) groups is 1. The Morgan fingerprint density at radius 2 is 1.81 bits per heavy atom. The van der Waals surface area contributed by atoms with Crippen LogP contribution in [0.15, 0.2) is 36.4 Å². The minimum absolute atomic E-state index is 0.0600. The quantitative estimate of drug-likeness (QED) is 0.593. The summed E-state index contributed by atoms with van der Waals surface area (Å²) in [5, 5.41) is 18.9. The number of nitriles is 1.